The Balaban J connectivity index is 3.70. The zero-order valence-electron chi connectivity index (χ0n) is 11.7. The van der Waals surface area contributed by atoms with Gasteiger partial charge in [0.25, 0.3) is 0 Å². The highest BCUT2D eigenvalue weighted by atomic mass is 16.6. The maximum absolute atomic E-state index is 11.1. The van der Waals surface area contributed by atoms with Crippen molar-refractivity contribution >= 4 is 23.5 Å². The highest BCUT2D eigenvalue weighted by Crippen LogP contribution is 1.98. The lowest BCUT2D eigenvalue weighted by Gasteiger charge is -2.11. The molecule has 0 radical (unpaired) electrons. The summed E-state index contributed by atoms with van der Waals surface area (Å²) in [6.45, 7) is 2.11. The van der Waals surface area contributed by atoms with Crippen LogP contribution in [-0.4, -0.2) is 47.9 Å². The molecule has 114 valence electrons. The van der Waals surface area contributed by atoms with Crippen LogP contribution in [0.4, 0.5) is 0 Å². The summed E-state index contributed by atoms with van der Waals surface area (Å²) < 4.78 is 9.40. The largest absolute Gasteiger partial charge is 0.463 e. The van der Waals surface area contributed by atoms with Crippen molar-refractivity contribution in [1.82, 2.24) is 0 Å². The molecule has 0 aliphatic heterocycles. The molecule has 20 heavy (non-hydrogen) atoms. The maximum Gasteiger partial charge on any atom is 0.306 e. The van der Waals surface area contributed by atoms with Crippen LogP contribution in [0.25, 0.3) is 0 Å². The quantitative estimate of drug-likeness (QED) is 0.571. The number of hydrogen-bond acceptors (Lipinski definition) is 7. The van der Waals surface area contributed by atoms with Gasteiger partial charge in [-0.25, -0.2) is 0 Å². The van der Waals surface area contributed by atoms with Gasteiger partial charge in [-0.1, -0.05) is 0 Å². The SMILES string of the molecule is CC(=O)CCC(=O)OCC(O)COC(=O)CCC(C)=O. The molecule has 7 nitrogen and oxygen atoms in total. The van der Waals surface area contributed by atoms with Crippen molar-refractivity contribution in [2.75, 3.05) is 13.2 Å². The Morgan fingerprint density at radius 2 is 1.15 bits per heavy atom. The summed E-state index contributed by atoms with van der Waals surface area (Å²) in [5.74, 6) is -1.44. The monoisotopic (exact) mass is 288 g/mol. The number of ketones is 2. The Hall–Kier alpha value is -1.76. The van der Waals surface area contributed by atoms with Gasteiger partial charge in [-0.05, 0) is 13.8 Å². The third-order valence-corrected chi connectivity index (χ3v) is 2.24. The Morgan fingerprint density at radius 3 is 1.45 bits per heavy atom. The van der Waals surface area contributed by atoms with Crippen LogP contribution >= 0.6 is 0 Å². The van der Waals surface area contributed by atoms with E-state index in [-0.39, 0.29) is 50.5 Å². The molecule has 0 saturated heterocycles. The number of aliphatic hydroxyl groups is 1. The summed E-state index contributed by atoms with van der Waals surface area (Å²) in [6.07, 6.45) is -1.03. The van der Waals surface area contributed by atoms with E-state index in [1.54, 1.807) is 0 Å². The van der Waals surface area contributed by atoms with E-state index in [0.717, 1.165) is 0 Å². The highest BCUT2D eigenvalue weighted by Gasteiger charge is 2.12. The van der Waals surface area contributed by atoms with Gasteiger partial charge in [-0.3, -0.25) is 9.59 Å². The van der Waals surface area contributed by atoms with Gasteiger partial charge in [0.2, 0.25) is 0 Å². The summed E-state index contributed by atoms with van der Waals surface area (Å²) in [5, 5.41) is 9.41. The van der Waals surface area contributed by atoms with Gasteiger partial charge in [0.05, 0.1) is 12.8 Å². The third kappa shape index (κ3) is 11.3. The van der Waals surface area contributed by atoms with Crippen molar-refractivity contribution in [3.63, 3.8) is 0 Å². The maximum atomic E-state index is 11.1. The standard InChI is InChI=1S/C13H20O7/c1-9(14)3-5-12(17)19-7-11(16)8-20-13(18)6-4-10(2)15/h11,16H,3-8H2,1-2H3. The predicted octanol–water partition coefficient (Wildman–Crippen LogP) is 0.172. The van der Waals surface area contributed by atoms with Crippen molar-refractivity contribution in [1.29, 1.82) is 0 Å². The molecule has 1 N–H and O–H groups in total. The molecule has 0 saturated carbocycles. The molecule has 0 spiro atoms. The van der Waals surface area contributed by atoms with Crippen molar-refractivity contribution in [3.8, 4) is 0 Å². The van der Waals surface area contributed by atoms with Crippen LogP contribution in [0.2, 0.25) is 0 Å². The minimum absolute atomic E-state index is 0.0412. The van der Waals surface area contributed by atoms with Gasteiger partial charge >= 0.3 is 11.9 Å². The summed E-state index contributed by atoms with van der Waals surface area (Å²) >= 11 is 0. The summed E-state index contributed by atoms with van der Waals surface area (Å²) in [6, 6.07) is 0. The molecule has 0 bridgehead atoms. The second kappa shape index (κ2) is 10.1. The molecular formula is C13H20O7. The Labute approximate surface area is 117 Å². The average molecular weight is 288 g/mol. The van der Waals surface area contributed by atoms with E-state index < -0.39 is 18.0 Å². The number of Topliss-reactive ketones (excluding diaryl/α,β-unsaturated/α-hetero) is 2. The van der Waals surface area contributed by atoms with E-state index in [1.807, 2.05) is 0 Å². The van der Waals surface area contributed by atoms with Gasteiger partial charge in [-0.15, -0.1) is 0 Å². The lowest BCUT2D eigenvalue weighted by molar-refractivity contribution is -0.153. The molecule has 0 aliphatic rings. The molecular weight excluding hydrogens is 268 g/mol. The fourth-order valence-corrected chi connectivity index (χ4v) is 1.13. The molecule has 0 atom stereocenters. The molecule has 0 aromatic rings. The fraction of sp³-hybridized carbons (Fsp3) is 0.692. The van der Waals surface area contributed by atoms with Crippen LogP contribution in [0.1, 0.15) is 39.5 Å². The molecule has 0 fully saturated rings. The van der Waals surface area contributed by atoms with Gasteiger partial charge in [-0.2, -0.15) is 0 Å². The molecule has 0 amide bonds. The fourth-order valence-electron chi connectivity index (χ4n) is 1.13. The van der Waals surface area contributed by atoms with Gasteiger partial charge in [0.1, 0.15) is 30.9 Å². The number of ether oxygens (including phenoxy) is 2. The second-order valence-electron chi connectivity index (χ2n) is 4.42. The van der Waals surface area contributed by atoms with Gasteiger partial charge in [0, 0.05) is 12.8 Å². The lowest BCUT2D eigenvalue weighted by atomic mass is 10.2. The second-order valence-corrected chi connectivity index (χ2v) is 4.42. The zero-order valence-corrected chi connectivity index (χ0v) is 11.7. The minimum Gasteiger partial charge on any atom is -0.463 e. The topological polar surface area (TPSA) is 107 Å². The molecule has 0 heterocycles. The van der Waals surface area contributed by atoms with E-state index in [1.165, 1.54) is 13.8 Å². The van der Waals surface area contributed by atoms with E-state index in [4.69, 9.17) is 9.47 Å². The predicted molar refractivity (Wildman–Crippen MR) is 67.8 cm³/mol. The van der Waals surface area contributed by atoms with E-state index in [9.17, 15) is 24.3 Å². The van der Waals surface area contributed by atoms with E-state index >= 15 is 0 Å². The van der Waals surface area contributed by atoms with Crippen LogP contribution in [0.3, 0.4) is 0 Å². The number of aliphatic hydroxyl groups excluding tert-OH is 1. The Kier molecular flexibility index (Phi) is 9.19. The van der Waals surface area contributed by atoms with Crippen LogP contribution < -0.4 is 0 Å². The number of hydrogen-bond donors (Lipinski definition) is 1. The van der Waals surface area contributed by atoms with Crippen molar-refractivity contribution in [3.05, 3.63) is 0 Å². The molecule has 0 aromatic carbocycles. The zero-order chi connectivity index (χ0) is 15.5. The van der Waals surface area contributed by atoms with Crippen molar-refractivity contribution in [2.45, 2.75) is 45.6 Å². The molecule has 0 aliphatic carbocycles. The lowest BCUT2D eigenvalue weighted by Crippen LogP contribution is -2.25. The van der Waals surface area contributed by atoms with Crippen molar-refractivity contribution < 1.29 is 33.8 Å². The average Bonchev–Trinajstić information content (AvgIpc) is 2.37. The minimum atomic E-state index is -1.13. The summed E-state index contributed by atoms with van der Waals surface area (Å²) in [7, 11) is 0. The van der Waals surface area contributed by atoms with Crippen LogP contribution in [-0.2, 0) is 28.7 Å². The Bertz CT molecular complexity index is 328. The Morgan fingerprint density at radius 1 is 0.800 bits per heavy atom. The number of carbonyl (C=O) groups excluding carboxylic acids is 4. The first-order chi connectivity index (χ1) is 9.31. The van der Waals surface area contributed by atoms with Gasteiger partial charge < -0.3 is 24.2 Å². The molecule has 0 rings (SSSR count). The molecule has 7 heteroatoms. The molecule has 0 unspecified atom stereocenters. The smallest absolute Gasteiger partial charge is 0.306 e. The number of carbonyl (C=O) groups is 4. The number of esters is 2. The van der Waals surface area contributed by atoms with Gasteiger partial charge in [0.15, 0.2) is 0 Å². The first-order valence-electron chi connectivity index (χ1n) is 6.29. The number of rotatable bonds is 10. The van der Waals surface area contributed by atoms with E-state index in [2.05, 4.69) is 0 Å². The summed E-state index contributed by atoms with van der Waals surface area (Å²) in [5.41, 5.74) is 0. The highest BCUT2D eigenvalue weighted by molar-refractivity contribution is 5.81. The first kappa shape index (κ1) is 18.2. The van der Waals surface area contributed by atoms with Crippen molar-refractivity contribution in [2.24, 2.45) is 0 Å². The normalized spacial score (nSPS) is 10.2. The third-order valence-electron chi connectivity index (χ3n) is 2.24. The summed E-state index contributed by atoms with van der Waals surface area (Å²) in [4.78, 5) is 43.5. The van der Waals surface area contributed by atoms with E-state index in [0.29, 0.717) is 0 Å². The first-order valence-corrected chi connectivity index (χ1v) is 6.29. The van der Waals surface area contributed by atoms with Crippen LogP contribution in [0.15, 0.2) is 0 Å². The van der Waals surface area contributed by atoms with Crippen LogP contribution in [0, 0.1) is 0 Å². The molecule has 0 aromatic heterocycles. The van der Waals surface area contributed by atoms with Crippen LogP contribution in [0.5, 0.6) is 0 Å².